The smallest absolute Gasteiger partial charge is 0.303 e. The van der Waals surface area contributed by atoms with E-state index >= 15 is 0 Å². The van der Waals surface area contributed by atoms with Gasteiger partial charge in [0.15, 0.2) is 0 Å². The molecule has 4 nitrogen and oxygen atoms in total. The molecule has 0 amide bonds. The van der Waals surface area contributed by atoms with Crippen molar-refractivity contribution in [3.8, 4) is 0 Å². The standard InChI is InChI=1S/C17H26O4Si/c1-22(2,3)12-11-17(21,10-4-5-16(19)20)15-8-6-14(13-18)7-9-15/h6-9,13,21H,4-5,10-12H2,1-3H3,(H,19,20). The van der Waals surface area contributed by atoms with Crippen molar-refractivity contribution in [2.45, 2.75) is 57.0 Å². The molecule has 2 N–H and O–H groups in total. The lowest BCUT2D eigenvalue weighted by atomic mass is 9.86. The lowest BCUT2D eigenvalue weighted by Crippen LogP contribution is -2.30. The van der Waals surface area contributed by atoms with E-state index < -0.39 is 19.6 Å². The molecular weight excluding hydrogens is 296 g/mol. The predicted octanol–water partition coefficient (Wildman–Crippen LogP) is 3.67. The number of aliphatic hydroxyl groups is 1. The molecule has 1 unspecified atom stereocenters. The molecule has 22 heavy (non-hydrogen) atoms. The van der Waals surface area contributed by atoms with Crippen LogP contribution in [0.3, 0.4) is 0 Å². The summed E-state index contributed by atoms with van der Waals surface area (Å²) in [6.45, 7) is 6.75. The van der Waals surface area contributed by atoms with Gasteiger partial charge in [-0.15, -0.1) is 0 Å². The normalized spacial score (nSPS) is 14.4. The number of hydrogen-bond donors (Lipinski definition) is 2. The highest BCUT2D eigenvalue weighted by Gasteiger charge is 2.31. The number of carboxylic acids is 1. The van der Waals surface area contributed by atoms with Crippen molar-refractivity contribution in [3.05, 3.63) is 35.4 Å². The molecule has 0 aromatic heterocycles. The summed E-state index contributed by atoms with van der Waals surface area (Å²) in [6, 6.07) is 7.90. The zero-order valence-electron chi connectivity index (χ0n) is 13.6. The van der Waals surface area contributed by atoms with E-state index in [0.29, 0.717) is 24.8 Å². The Balaban J connectivity index is 2.91. The van der Waals surface area contributed by atoms with E-state index in [1.54, 1.807) is 24.3 Å². The summed E-state index contributed by atoms with van der Waals surface area (Å²) in [6.07, 6.45) is 2.32. The molecule has 5 heteroatoms. The molecule has 0 saturated carbocycles. The molecule has 0 fully saturated rings. The number of aldehydes is 1. The highest BCUT2D eigenvalue weighted by atomic mass is 28.3. The van der Waals surface area contributed by atoms with Crippen molar-refractivity contribution in [1.82, 2.24) is 0 Å². The molecule has 0 aliphatic carbocycles. The lowest BCUT2D eigenvalue weighted by Gasteiger charge is -2.31. The molecule has 0 radical (unpaired) electrons. The zero-order chi connectivity index (χ0) is 16.8. The van der Waals surface area contributed by atoms with E-state index in [-0.39, 0.29) is 6.42 Å². The van der Waals surface area contributed by atoms with E-state index in [1.165, 1.54) is 0 Å². The number of rotatable bonds is 9. The Morgan fingerprint density at radius 2 is 1.77 bits per heavy atom. The second kappa shape index (κ2) is 7.69. The van der Waals surface area contributed by atoms with Crippen molar-refractivity contribution in [2.24, 2.45) is 0 Å². The monoisotopic (exact) mass is 322 g/mol. The molecule has 0 aliphatic rings. The van der Waals surface area contributed by atoms with E-state index in [2.05, 4.69) is 19.6 Å². The van der Waals surface area contributed by atoms with Crippen LogP contribution < -0.4 is 0 Å². The number of carbonyl (C=O) groups excluding carboxylic acids is 1. The third-order valence-corrected chi connectivity index (χ3v) is 5.60. The number of aliphatic carboxylic acids is 1. The third kappa shape index (κ3) is 6.11. The summed E-state index contributed by atoms with van der Waals surface area (Å²) in [4.78, 5) is 21.5. The van der Waals surface area contributed by atoms with Gasteiger partial charge in [0.1, 0.15) is 6.29 Å². The van der Waals surface area contributed by atoms with Crippen LogP contribution in [0.2, 0.25) is 25.7 Å². The maximum absolute atomic E-state index is 11.1. The van der Waals surface area contributed by atoms with Crippen LogP contribution in [-0.4, -0.2) is 30.5 Å². The van der Waals surface area contributed by atoms with Crippen molar-refractivity contribution in [2.75, 3.05) is 0 Å². The Kier molecular flexibility index (Phi) is 6.50. The lowest BCUT2D eigenvalue weighted by molar-refractivity contribution is -0.137. The summed E-state index contributed by atoms with van der Waals surface area (Å²) >= 11 is 0. The van der Waals surface area contributed by atoms with Crippen LogP contribution in [-0.2, 0) is 10.4 Å². The fourth-order valence-corrected chi connectivity index (χ4v) is 3.56. The molecule has 0 spiro atoms. The van der Waals surface area contributed by atoms with Gasteiger partial charge in [0.05, 0.1) is 5.60 Å². The second-order valence-electron chi connectivity index (χ2n) is 7.08. The fourth-order valence-electron chi connectivity index (χ4n) is 2.40. The molecule has 1 rings (SSSR count). The summed E-state index contributed by atoms with van der Waals surface area (Å²) in [5, 5.41) is 19.9. The number of carbonyl (C=O) groups is 2. The van der Waals surface area contributed by atoms with Crippen molar-refractivity contribution >= 4 is 20.3 Å². The van der Waals surface area contributed by atoms with E-state index in [1.807, 2.05) is 0 Å². The van der Waals surface area contributed by atoms with Gasteiger partial charge < -0.3 is 10.2 Å². The Bertz CT molecular complexity index is 504. The first-order valence-corrected chi connectivity index (χ1v) is 11.4. The topological polar surface area (TPSA) is 74.6 Å². The summed E-state index contributed by atoms with van der Waals surface area (Å²) in [7, 11) is -1.31. The maximum atomic E-state index is 11.1. The zero-order valence-corrected chi connectivity index (χ0v) is 14.6. The molecule has 0 bridgehead atoms. The first-order valence-electron chi connectivity index (χ1n) is 7.66. The van der Waals surface area contributed by atoms with Gasteiger partial charge in [-0.1, -0.05) is 50.0 Å². The maximum Gasteiger partial charge on any atom is 0.303 e. The summed E-state index contributed by atoms with van der Waals surface area (Å²) < 4.78 is 0. The predicted molar refractivity (Wildman–Crippen MR) is 90.0 cm³/mol. The first kappa shape index (κ1) is 18.6. The van der Waals surface area contributed by atoms with Crippen molar-refractivity contribution in [1.29, 1.82) is 0 Å². The average molecular weight is 322 g/mol. The Hall–Kier alpha value is -1.46. The van der Waals surface area contributed by atoms with Gasteiger partial charge in [-0.05, 0) is 24.8 Å². The van der Waals surface area contributed by atoms with Crippen LogP contribution in [0.25, 0.3) is 0 Å². The minimum atomic E-state index is -1.31. The molecular formula is C17H26O4Si. The summed E-state index contributed by atoms with van der Waals surface area (Å²) in [5.41, 5.74) is 0.320. The van der Waals surface area contributed by atoms with Gasteiger partial charge in [0.25, 0.3) is 0 Å². The minimum Gasteiger partial charge on any atom is -0.481 e. The van der Waals surface area contributed by atoms with E-state index in [9.17, 15) is 14.7 Å². The minimum absolute atomic E-state index is 0.0572. The molecule has 122 valence electrons. The highest BCUT2D eigenvalue weighted by molar-refractivity contribution is 6.76. The Morgan fingerprint density at radius 1 is 1.18 bits per heavy atom. The SMILES string of the molecule is C[Si](C)(C)CCC(O)(CCCC(=O)O)c1ccc(C=O)cc1. The number of benzene rings is 1. The highest BCUT2D eigenvalue weighted by Crippen LogP contribution is 2.34. The van der Waals surface area contributed by atoms with Gasteiger partial charge in [0.2, 0.25) is 0 Å². The number of hydrogen-bond acceptors (Lipinski definition) is 3. The van der Waals surface area contributed by atoms with Gasteiger partial charge in [-0.3, -0.25) is 9.59 Å². The second-order valence-corrected chi connectivity index (χ2v) is 12.7. The van der Waals surface area contributed by atoms with Gasteiger partial charge in [0, 0.05) is 20.1 Å². The van der Waals surface area contributed by atoms with Crippen LogP contribution in [0.1, 0.15) is 41.6 Å². The van der Waals surface area contributed by atoms with Crippen LogP contribution in [0.5, 0.6) is 0 Å². The molecule has 1 atom stereocenters. The van der Waals surface area contributed by atoms with Crippen LogP contribution >= 0.6 is 0 Å². The van der Waals surface area contributed by atoms with Gasteiger partial charge in [-0.25, -0.2) is 0 Å². The third-order valence-electron chi connectivity index (χ3n) is 3.85. The van der Waals surface area contributed by atoms with Crippen molar-refractivity contribution < 1.29 is 19.8 Å². The van der Waals surface area contributed by atoms with Gasteiger partial charge in [-0.2, -0.15) is 0 Å². The largest absolute Gasteiger partial charge is 0.481 e. The molecule has 0 saturated heterocycles. The fraction of sp³-hybridized carbons (Fsp3) is 0.529. The van der Waals surface area contributed by atoms with Crippen LogP contribution in [0.15, 0.2) is 24.3 Å². The molecule has 1 aromatic carbocycles. The van der Waals surface area contributed by atoms with Crippen LogP contribution in [0.4, 0.5) is 0 Å². The Labute approximate surface area is 133 Å². The quantitative estimate of drug-likeness (QED) is 0.537. The molecule has 0 heterocycles. The van der Waals surface area contributed by atoms with Crippen molar-refractivity contribution in [3.63, 3.8) is 0 Å². The molecule has 0 aliphatic heterocycles. The van der Waals surface area contributed by atoms with Gasteiger partial charge >= 0.3 is 5.97 Å². The first-order chi connectivity index (χ1) is 10.2. The Morgan fingerprint density at radius 3 is 2.23 bits per heavy atom. The van der Waals surface area contributed by atoms with E-state index in [4.69, 9.17) is 5.11 Å². The van der Waals surface area contributed by atoms with Crippen LogP contribution in [0, 0.1) is 0 Å². The number of carboxylic acid groups (broad SMARTS) is 1. The average Bonchev–Trinajstić information content (AvgIpc) is 2.44. The van der Waals surface area contributed by atoms with E-state index in [0.717, 1.165) is 17.9 Å². The summed E-state index contributed by atoms with van der Waals surface area (Å²) in [5.74, 6) is -0.844. The molecule has 1 aromatic rings.